The minimum Gasteiger partial charge on any atom is -0.495 e. The first-order valence-electron chi connectivity index (χ1n) is 7.83. The summed E-state index contributed by atoms with van der Waals surface area (Å²) in [5.41, 5.74) is 0.584. The van der Waals surface area contributed by atoms with Crippen LogP contribution < -0.4 is 15.4 Å². The molecule has 2 unspecified atom stereocenters. The Bertz CT molecular complexity index is 656. The molecule has 3 N–H and O–H groups in total. The Morgan fingerprint density at radius 2 is 2.12 bits per heavy atom. The Labute approximate surface area is 146 Å². The number of benzene rings is 1. The Morgan fingerprint density at radius 1 is 1.38 bits per heavy atom. The number of para-hydroxylation sites is 2. The van der Waals surface area contributed by atoms with Crippen LogP contribution in [-0.4, -0.2) is 30.7 Å². The fourth-order valence-electron chi connectivity index (χ4n) is 2.35. The second-order valence-electron chi connectivity index (χ2n) is 6.02. The first-order chi connectivity index (χ1) is 11.4. The molecule has 2 aromatic rings. The highest BCUT2D eigenvalue weighted by Gasteiger charge is 2.24. The van der Waals surface area contributed by atoms with Gasteiger partial charge in [0.05, 0.1) is 18.4 Å². The van der Waals surface area contributed by atoms with Gasteiger partial charge in [0.1, 0.15) is 5.75 Å². The van der Waals surface area contributed by atoms with Crippen LogP contribution in [-0.2, 0) is 10.4 Å². The zero-order valence-electron chi connectivity index (χ0n) is 14.2. The third-order valence-electron chi connectivity index (χ3n) is 3.81. The number of ether oxygens (including phenoxy) is 1. The molecule has 0 saturated heterocycles. The molecule has 0 spiro atoms. The van der Waals surface area contributed by atoms with Gasteiger partial charge in [0.2, 0.25) is 5.91 Å². The molecule has 5 nitrogen and oxygen atoms in total. The van der Waals surface area contributed by atoms with E-state index in [0.29, 0.717) is 24.4 Å². The summed E-state index contributed by atoms with van der Waals surface area (Å²) in [5, 5.41) is 20.4. The van der Waals surface area contributed by atoms with E-state index in [0.717, 1.165) is 5.56 Å². The number of anilines is 1. The number of carbonyl (C=O) groups is 1. The van der Waals surface area contributed by atoms with E-state index in [9.17, 15) is 9.90 Å². The Balaban J connectivity index is 1.83. The highest BCUT2D eigenvalue weighted by molar-refractivity contribution is 7.08. The van der Waals surface area contributed by atoms with Gasteiger partial charge in [-0.15, -0.1) is 0 Å². The lowest BCUT2D eigenvalue weighted by atomic mass is 9.99. The summed E-state index contributed by atoms with van der Waals surface area (Å²) >= 11 is 1.55. The van der Waals surface area contributed by atoms with Gasteiger partial charge < -0.3 is 20.5 Å². The Kier molecular flexibility index (Phi) is 6.36. The predicted molar refractivity (Wildman–Crippen MR) is 97.6 cm³/mol. The van der Waals surface area contributed by atoms with Crippen molar-refractivity contribution in [1.82, 2.24) is 5.32 Å². The van der Waals surface area contributed by atoms with Crippen molar-refractivity contribution >= 4 is 22.9 Å². The van der Waals surface area contributed by atoms with Crippen molar-refractivity contribution in [3.8, 4) is 5.75 Å². The molecule has 1 aromatic heterocycles. The minimum atomic E-state index is -0.951. The van der Waals surface area contributed by atoms with Crippen LogP contribution in [0.15, 0.2) is 41.1 Å². The van der Waals surface area contributed by atoms with E-state index >= 15 is 0 Å². The number of carbonyl (C=O) groups excluding carboxylic acids is 1. The third-order valence-corrected chi connectivity index (χ3v) is 4.49. The van der Waals surface area contributed by atoms with Crippen molar-refractivity contribution in [2.75, 3.05) is 19.0 Å². The quantitative estimate of drug-likeness (QED) is 0.686. The molecular formula is C18H24N2O3S. The number of methoxy groups -OCH3 is 1. The first-order valence-corrected chi connectivity index (χ1v) is 8.78. The summed E-state index contributed by atoms with van der Waals surface area (Å²) in [6, 6.07) is 9.14. The summed E-state index contributed by atoms with van der Waals surface area (Å²) in [7, 11) is 1.57. The number of nitrogens with one attached hydrogen (secondary N) is 2. The van der Waals surface area contributed by atoms with Gasteiger partial charge in [0.15, 0.2) is 0 Å². The molecule has 0 aliphatic rings. The second kappa shape index (κ2) is 8.28. The van der Waals surface area contributed by atoms with Crippen LogP contribution in [0, 0.1) is 0 Å². The zero-order chi connectivity index (χ0) is 17.6. The number of thiophene rings is 1. The van der Waals surface area contributed by atoms with Gasteiger partial charge in [-0.2, -0.15) is 11.3 Å². The molecule has 24 heavy (non-hydrogen) atoms. The molecule has 0 aliphatic carbocycles. The molecule has 6 heteroatoms. The van der Waals surface area contributed by atoms with Crippen molar-refractivity contribution in [3.63, 3.8) is 0 Å². The van der Waals surface area contributed by atoms with E-state index in [1.54, 1.807) is 37.5 Å². The monoisotopic (exact) mass is 348 g/mol. The number of hydrogen-bond acceptors (Lipinski definition) is 5. The molecule has 1 amide bonds. The van der Waals surface area contributed by atoms with E-state index in [1.807, 2.05) is 35.9 Å². The standard InChI is InChI=1S/C18H24N2O3S/c1-13(19-12-18(2,22)14-8-9-24-11-14)10-17(21)20-15-6-4-5-7-16(15)23-3/h4-9,11,13,19,22H,10,12H2,1-3H3,(H,20,21). The van der Waals surface area contributed by atoms with Crippen LogP contribution in [0.4, 0.5) is 5.69 Å². The van der Waals surface area contributed by atoms with E-state index in [2.05, 4.69) is 10.6 Å². The van der Waals surface area contributed by atoms with Crippen molar-refractivity contribution < 1.29 is 14.6 Å². The van der Waals surface area contributed by atoms with Crippen LogP contribution in [0.5, 0.6) is 5.75 Å². The van der Waals surface area contributed by atoms with E-state index in [4.69, 9.17) is 4.74 Å². The maximum absolute atomic E-state index is 12.2. The molecule has 1 heterocycles. The second-order valence-corrected chi connectivity index (χ2v) is 6.80. The third kappa shape index (κ3) is 5.06. The van der Waals surface area contributed by atoms with Gasteiger partial charge in [-0.25, -0.2) is 0 Å². The van der Waals surface area contributed by atoms with Crippen LogP contribution in [0.1, 0.15) is 25.8 Å². The normalized spacial score (nSPS) is 14.7. The van der Waals surface area contributed by atoms with Gasteiger partial charge in [-0.1, -0.05) is 12.1 Å². The predicted octanol–water partition coefficient (Wildman–Crippen LogP) is 2.97. The van der Waals surface area contributed by atoms with Crippen molar-refractivity contribution in [2.24, 2.45) is 0 Å². The Morgan fingerprint density at radius 3 is 2.79 bits per heavy atom. The Hall–Kier alpha value is -1.89. The van der Waals surface area contributed by atoms with Gasteiger partial charge in [-0.3, -0.25) is 4.79 Å². The number of rotatable bonds is 8. The molecule has 0 radical (unpaired) electrons. The summed E-state index contributed by atoms with van der Waals surface area (Å²) in [6.45, 7) is 4.07. The van der Waals surface area contributed by atoms with Crippen LogP contribution in [0.2, 0.25) is 0 Å². The number of hydrogen-bond donors (Lipinski definition) is 3. The molecule has 0 bridgehead atoms. The smallest absolute Gasteiger partial charge is 0.226 e. The summed E-state index contributed by atoms with van der Waals surface area (Å²) in [4.78, 5) is 12.2. The van der Waals surface area contributed by atoms with E-state index in [1.165, 1.54) is 0 Å². The lowest BCUT2D eigenvalue weighted by Crippen LogP contribution is -2.40. The van der Waals surface area contributed by atoms with E-state index in [-0.39, 0.29) is 11.9 Å². The molecule has 0 fully saturated rings. The van der Waals surface area contributed by atoms with Gasteiger partial charge in [0, 0.05) is 19.0 Å². The molecule has 130 valence electrons. The van der Waals surface area contributed by atoms with E-state index < -0.39 is 5.60 Å². The highest BCUT2D eigenvalue weighted by Crippen LogP contribution is 2.24. The summed E-state index contributed by atoms with van der Waals surface area (Å²) in [6.07, 6.45) is 0.303. The maximum atomic E-state index is 12.2. The van der Waals surface area contributed by atoms with Crippen LogP contribution in [0.3, 0.4) is 0 Å². The molecule has 2 atom stereocenters. The SMILES string of the molecule is COc1ccccc1NC(=O)CC(C)NCC(C)(O)c1ccsc1. The maximum Gasteiger partial charge on any atom is 0.226 e. The minimum absolute atomic E-state index is 0.0650. The molecule has 2 rings (SSSR count). The molecular weight excluding hydrogens is 324 g/mol. The highest BCUT2D eigenvalue weighted by atomic mass is 32.1. The van der Waals surface area contributed by atoms with Crippen molar-refractivity contribution in [3.05, 3.63) is 46.7 Å². The molecule has 0 saturated carbocycles. The lowest BCUT2D eigenvalue weighted by Gasteiger charge is -2.25. The fourth-order valence-corrected chi connectivity index (χ4v) is 3.13. The fraction of sp³-hybridized carbons (Fsp3) is 0.389. The number of amides is 1. The van der Waals surface area contributed by atoms with Gasteiger partial charge in [-0.05, 0) is 48.4 Å². The zero-order valence-corrected chi connectivity index (χ0v) is 15.0. The average Bonchev–Trinajstić information content (AvgIpc) is 3.09. The number of aliphatic hydroxyl groups is 1. The van der Waals surface area contributed by atoms with Gasteiger partial charge in [0.25, 0.3) is 0 Å². The summed E-state index contributed by atoms with van der Waals surface area (Å²) in [5.74, 6) is 0.529. The summed E-state index contributed by atoms with van der Waals surface area (Å²) < 4.78 is 5.22. The van der Waals surface area contributed by atoms with Crippen molar-refractivity contribution in [2.45, 2.75) is 31.9 Å². The molecule has 1 aromatic carbocycles. The van der Waals surface area contributed by atoms with Crippen molar-refractivity contribution in [1.29, 1.82) is 0 Å². The first kappa shape index (κ1) is 18.4. The van der Waals surface area contributed by atoms with Crippen LogP contribution in [0.25, 0.3) is 0 Å². The average molecular weight is 348 g/mol. The topological polar surface area (TPSA) is 70.6 Å². The largest absolute Gasteiger partial charge is 0.495 e. The van der Waals surface area contributed by atoms with Gasteiger partial charge >= 0.3 is 0 Å². The van der Waals surface area contributed by atoms with Crippen LogP contribution >= 0.6 is 11.3 Å². The molecule has 0 aliphatic heterocycles. The lowest BCUT2D eigenvalue weighted by molar-refractivity contribution is -0.116.